The van der Waals surface area contributed by atoms with E-state index in [1.54, 1.807) is 11.1 Å². The van der Waals surface area contributed by atoms with Crippen LogP contribution in [0.15, 0.2) is 17.1 Å². The maximum atomic E-state index is 12.8. The molecule has 1 atom stereocenters. The summed E-state index contributed by atoms with van der Waals surface area (Å²) in [6.07, 6.45) is 5.31. The molecule has 2 fully saturated rings. The maximum absolute atomic E-state index is 12.8. The van der Waals surface area contributed by atoms with Crippen LogP contribution < -0.4 is 10.2 Å². The van der Waals surface area contributed by atoms with Crippen molar-refractivity contribution in [1.29, 1.82) is 0 Å². The van der Waals surface area contributed by atoms with Gasteiger partial charge in [-0.3, -0.25) is 9.59 Å². The normalized spacial score (nSPS) is 24.3. The number of aromatic nitrogens is 1. The van der Waals surface area contributed by atoms with Crippen LogP contribution in [0, 0.1) is 0 Å². The number of ether oxygens (including phenoxy) is 2. The second-order valence-corrected chi connectivity index (χ2v) is 6.26. The molecule has 6 nitrogen and oxygen atoms in total. The smallest absolute Gasteiger partial charge is 0.276 e. The van der Waals surface area contributed by atoms with Crippen LogP contribution in [0.1, 0.15) is 43.1 Å². The van der Waals surface area contributed by atoms with E-state index in [0.717, 1.165) is 25.7 Å². The van der Waals surface area contributed by atoms with E-state index in [-0.39, 0.29) is 28.9 Å². The van der Waals surface area contributed by atoms with E-state index in [1.807, 2.05) is 4.57 Å². The Labute approximate surface area is 128 Å². The van der Waals surface area contributed by atoms with Crippen LogP contribution in [-0.2, 0) is 10.3 Å². The van der Waals surface area contributed by atoms with Crippen LogP contribution in [0.4, 0.5) is 0 Å². The SMILES string of the molecule is CCCCOc1c2n(ccc1=O)C1(CC1)C1OCCN1C2=O. The molecule has 1 amide bonds. The zero-order valence-electron chi connectivity index (χ0n) is 12.7. The minimum absolute atomic E-state index is 0.149. The van der Waals surface area contributed by atoms with Gasteiger partial charge in [0.25, 0.3) is 5.91 Å². The Morgan fingerprint density at radius 3 is 2.95 bits per heavy atom. The molecule has 6 heteroatoms. The number of hydrogen-bond acceptors (Lipinski definition) is 4. The third-order valence-corrected chi connectivity index (χ3v) is 4.86. The molecule has 22 heavy (non-hydrogen) atoms. The van der Waals surface area contributed by atoms with Gasteiger partial charge in [-0.05, 0) is 19.3 Å². The van der Waals surface area contributed by atoms with Crippen LogP contribution in [0.5, 0.6) is 5.75 Å². The predicted octanol–water partition coefficient (Wildman–Crippen LogP) is 1.33. The fourth-order valence-electron chi connectivity index (χ4n) is 3.54. The summed E-state index contributed by atoms with van der Waals surface area (Å²) in [7, 11) is 0. The van der Waals surface area contributed by atoms with E-state index in [0.29, 0.717) is 25.5 Å². The van der Waals surface area contributed by atoms with Crippen molar-refractivity contribution in [1.82, 2.24) is 9.47 Å². The Bertz CT molecular complexity index is 677. The molecule has 2 aliphatic heterocycles. The number of carbonyl (C=O) groups is 1. The van der Waals surface area contributed by atoms with Crippen LogP contribution >= 0.6 is 0 Å². The van der Waals surface area contributed by atoms with Gasteiger partial charge in [0.05, 0.1) is 18.8 Å². The minimum Gasteiger partial charge on any atom is -0.487 e. The molecule has 1 saturated heterocycles. The molecule has 1 unspecified atom stereocenters. The summed E-state index contributed by atoms with van der Waals surface area (Å²) in [5, 5.41) is 0. The lowest BCUT2D eigenvalue weighted by molar-refractivity contribution is -0.0253. The number of nitrogens with zero attached hydrogens (tertiary/aromatic N) is 2. The average molecular weight is 304 g/mol. The number of carbonyl (C=O) groups excluding carboxylic acids is 1. The van der Waals surface area contributed by atoms with Gasteiger partial charge in [-0.25, -0.2) is 0 Å². The number of amides is 1. The monoisotopic (exact) mass is 304 g/mol. The molecule has 3 aliphatic rings. The Morgan fingerprint density at radius 1 is 1.41 bits per heavy atom. The van der Waals surface area contributed by atoms with E-state index < -0.39 is 0 Å². The molecule has 3 heterocycles. The number of hydrogen-bond donors (Lipinski definition) is 0. The van der Waals surface area contributed by atoms with Crippen molar-refractivity contribution in [3.63, 3.8) is 0 Å². The van der Waals surface area contributed by atoms with Gasteiger partial charge >= 0.3 is 0 Å². The summed E-state index contributed by atoms with van der Waals surface area (Å²) in [6.45, 7) is 3.67. The molecule has 1 spiro atoms. The van der Waals surface area contributed by atoms with Gasteiger partial charge in [-0.2, -0.15) is 0 Å². The van der Waals surface area contributed by atoms with E-state index >= 15 is 0 Å². The van der Waals surface area contributed by atoms with Crippen molar-refractivity contribution < 1.29 is 14.3 Å². The van der Waals surface area contributed by atoms with Crippen molar-refractivity contribution in [2.24, 2.45) is 0 Å². The molecule has 1 aliphatic carbocycles. The largest absolute Gasteiger partial charge is 0.487 e. The van der Waals surface area contributed by atoms with Crippen LogP contribution in [0.3, 0.4) is 0 Å². The van der Waals surface area contributed by atoms with Crippen molar-refractivity contribution in [3.8, 4) is 5.75 Å². The van der Waals surface area contributed by atoms with Gasteiger partial charge in [0.15, 0.2) is 17.7 Å². The van der Waals surface area contributed by atoms with Gasteiger partial charge in [-0.1, -0.05) is 13.3 Å². The highest BCUT2D eigenvalue weighted by molar-refractivity contribution is 5.96. The number of fused-ring (bicyclic) bond motifs is 4. The molecule has 0 N–H and O–H groups in total. The second-order valence-electron chi connectivity index (χ2n) is 6.26. The van der Waals surface area contributed by atoms with Gasteiger partial charge in [0.1, 0.15) is 0 Å². The lowest BCUT2D eigenvalue weighted by Gasteiger charge is -2.39. The number of rotatable bonds is 4. The summed E-state index contributed by atoms with van der Waals surface area (Å²) in [5.41, 5.74) is -0.0102. The third kappa shape index (κ3) is 1.76. The Hall–Kier alpha value is -1.82. The summed E-state index contributed by atoms with van der Waals surface area (Å²) in [6, 6.07) is 1.50. The van der Waals surface area contributed by atoms with E-state index in [9.17, 15) is 9.59 Å². The molecule has 0 bridgehead atoms. The number of pyridine rings is 1. The standard InChI is InChI=1S/C16H20N2O4/c1-2-3-9-21-13-11(19)4-7-18-12(13)14(20)17-8-10-22-15(17)16(18)5-6-16/h4,7,15H,2-3,5-6,8-10H2,1H3. The Morgan fingerprint density at radius 2 is 2.23 bits per heavy atom. The van der Waals surface area contributed by atoms with Crippen molar-refractivity contribution in [2.45, 2.75) is 44.4 Å². The van der Waals surface area contributed by atoms with Crippen LogP contribution in [0.25, 0.3) is 0 Å². The van der Waals surface area contributed by atoms with Crippen LogP contribution in [0.2, 0.25) is 0 Å². The first-order valence-electron chi connectivity index (χ1n) is 8.00. The molecule has 0 aromatic carbocycles. The third-order valence-electron chi connectivity index (χ3n) is 4.86. The quantitative estimate of drug-likeness (QED) is 0.787. The summed E-state index contributed by atoms with van der Waals surface area (Å²) in [5.74, 6) is 0.0572. The summed E-state index contributed by atoms with van der Waals surface area (Å²) >= 11 is 0. The highest BCUT2D eigenvalue weighted by Crippen LogP contribution is 2.53. The molecular weight excluding hydrogens is 284 g/mol. The zero-order valence-corrected chi connectivity index (χ0v) is 12.7. The van der Waals surface area contributed by atoms with Crippen LogP contribution in [-0.4, -0.2) is 41.4 Å². The van der Waals surface area contributed by atoms with Crippen molar-refractivity contribution in [2.75, 3.05) is 19.8 Å². The van der Waals surface area contributed by atoms with Gasteiger partial charge in [-0.15, -0.1) is 0 Å². The lowest BCUT2D eigenvalue weighted by Crippen LogP contribution is -2.53. The zero-order chi connectivity index (χ0) is 15.3. The Balaban J connectivity index is 1.82. The first-order chi connectivity index (χ1) is 10.7. The Kier molecular flexibility index (Phi) is 3.04. The summed E-state index contributed by atoms with van der Waals surface area (Å²) in [4.78, 5) is 26.8. The molecule has 4 rings (SSSR count). The number of unbranched alkanes of at least 4 members (excludes halogenated alkanes) is 1. The van der Waals surface area contributed by atoms with Gasteiger partial charge in [0.2, 0.25) is 5.43 Å². The molecule has 1 aromatic heterocycles. The molecule has 118 valence electrons. The highest BCUT2D eigenvalue weighted by Gasteiger charge is 2.61. The average Bonchev–Trinajstić information content (AvgIpc) is 3.14. The van der Waals surface area contributed by atoms with Crippen molar-refractivity contribution >= 4 is 5.91 Å². The minimum atomic E-state index is -0.218. The van der Waals surface area contributed by atoms with Gasteiger partial charge in [0, 0.05) is 18.8 Å². The van der Waals surface area contributed by atoms with E-state index in [2.05, 4.69) is 6.92 Å². The first-order valence-corrected chi connectivity index (χ1v) is 8.00. The second kappa shape index (κ2) is 4.84. The fraction of sp³-hybridized carbons (Fsp3) is 0.625. The van der Waals surface area contributed by atoms with E-state index in [1.165, 1.54) is 6.07 Å². The van der Waals surface area contributed by atoms with Gasteiger partial charge < -0.3 is 18.9 Å². The van der Waals surface area contributed by atoms with Crippen molar-refractivity contribution in [3.05, 3.63) is 28.2 Å². The fourth-order valence-corrected chi connectivity index (χ4v) is 3.54. The highest BCUT2D eigenvalue weighted by atomic mass is 16.5. The molecule has 1 saturated carbocycles. The lowest BCUT2D eigenvalue weighted by atomic mass is 10.1. The first kappa shape index (κ1) is 13.8. The molecule has 1 aromatic rings. The summed E-state index contributed by atoms with van der Waals surface area (Å²) < 4.78 is 13.4. The topological polar surface area (TPSA) is 60.8 Å². The van der Waals surface area contributed by atoms with E-state index in [4.69, 9.17) is 9.47 Å². The molecular formula is C16H20N2O4. The predicted molar refractivity (Wildman–Crippen MR) is 79.1 cm³/mol. The maximum Gasteiger partial charge on any atom is 0.276 e. The molecule has 0 radical (unpaired) electrons.